The number of nitrogens with two attached hydrogens (primary N) is 1. The highest BCUT2D eigenvalue weighted by molar-refractivity contribution is 8.00. The Hall–Kier alpha value is -1.36. The van der Waals surface area contributed by atoms with Gasteiger partial charge in [0.1, 0.15) is 5.69 Å². The average Bonchev–Trinajstić information content (AvgIpc) is 2.44. The third-order valence-electron chi connectivity index (χ3n) is 2.87. The fourth-order valence-corrected chi connectivity index (χ4v) is 3.17. The van der Waals surface area contributed by atoms with Crippen LogP contribution in [0.1, 0.15) is 13.8 Å². The largest absolute Gasteiger partial charge is 0.318 e. The summed E-state index contributed by atoms with van der Waals surface area (Å²) in [6.45, 7) is 3.88. The van der Waals surface area contributed by atoms with Gasteiger partial charge in [0.15, 0.2) is 4.90 Å². The van der Waals surface area contributed by atoms with Crippen LogP contribution < -0.4 is 16.0 Å². The highest BCUT2D eigenvalue weighted by Gasteiger charge is 2.30. The van der Waals surface area contributed by atoms with Crippen molar-refractivity contribution in [1.29, 1.82) is 0 Å². The van der Waals surface area contributed by atoms with Gasteiger partial charge < -0.3 is 5.43 Å². The van der Waals surface area contributed by atoms with Crippen LogP contribution in [0.2, 0.25) is 0 Å². The second-order valence-electron chi connectivity index (χ2n) is 4.84. The molecule has 0 atom stereocenters. The van der Waals surface area contributed by atoms with Gasteiger partial charge in [-0.25, -0.2) is 13.1 Å². The molecule has 0 aliphatic heterocycles. The number of nitrogen functional groups attached to an aromatic ring is 1. The molecule has 118 valence electrons. The number of nitro benzene ring substituents is 1. The number of hydrogen-bond donors (Lipinski definition) is 3. The SMILES string of the molecule is CSC(C)(C)CNS(=O)(=O)c1cccc(NN)c1[N+](=O)[O-]. The topological polar surface area (TPSA) is 127 Å². The zero-order chi connectivity index (χ0) is 16.3. The molecule has 0 aromatic heterocycles. The van der Waals surface area contributed by atoms with Gasteiger partial charge in [0, 0.05) is 11.3 Å². The van der Waals surface area contributed by atoms with Gasteiger partial charge in [0.25, 0.3) is 0 Å². The number of nitrogens with zero attached hydrogens (tertiary/aromatic N) is 1. The first-order valence-corrected chi connectivity index (χ1v) is 8.64. The smallest absolute Gasteiger partial charge is 0.313 e. The number of rotatable bonds is 7. The highest BCUT2D eigenvalue weighted by Crippen LogP contribution is 2.31. The molecule has 0 spiro atoms. The van der Waals surface area contributed by atoms with Crippen LogP contribution in [0.15, 0.2) is 23.1 Å². The Morgan fingerprint density at radius 3 is 2.52 bits per heavy atom. The lowest BCUT2D eigenvalue weighted by Gasteiger charge is -2.22. The maximum Gasteiger partial charge on any atom is 0.313 e. The first-order chi connectivity index (χ1) is 9.64. The normalized spacial score (nSPS) is 12.2. The van der Waals surface area contributed by atoms with Crippen molar-refractivity contribution in [3.8, 4) is 0 Å². The van der Waals surface area contributed by atoms with E-state index in [0.717, 1.165) is 0 Å². The molecule has 0 radical (unpaired) electrons. The molecule has 10 heteroatoms. The van der Waals surface area contributed by atoms with Gasteiger partial charge in [-0.2, -0.15) is 11.8 Å². The molecule has 21 heavy (non-hydrogen) atoms. The van der Waals surface area contributed by atoms with Crippen molar-refractivity contribution in [2.45, 2.75) is 23.5 Å². The number of hydrazine groups is 1. The molecule has 0 bridgehead atoms. The standard InChI is InChI=1S/C11H18N4O4S2/c1-11(2,20-3)7-13-21(18,19)9-6-4-5-8(14-12)10(9)15(16)17/h4-6,13-14H,7,12H2,1-3H3. The van der Waals surface area contributed by atoms with Crippen molar-refractivity contribution in [1.82, 2.24) is 4.72 Å². The Morgan fingerprint density at radius 2 is 2.05 bits per heavy atom. The van der Waals surface area contributed by atoms with E-state index in [0.29, 0.717) is 0 Å². The van der Waals surface area contributed by atoms with Crippen LogP contribution in [0.5, 0.6) is 0 Å². The second kappa shape index (κ2) is 6.60. The summed E-state index contributed by atoms with van der Waals surface area (Å²) >= 11 is 1.49. The van der Waals surface area contributed by atoms with Crippen LogP contribution in [-0.4, -0.2) is 30.9 Å². The predicted molar refractivity (Wildman–Crippen MR) is 83.7 cm³/mol. The van der Waals surface area contributed by atoms with Gasteiger partial charge in [0.2, 0.25) is 10.0 Å². The third kappa shape index (κ3) is 4.30. The van der Waals surface area contributed by atoms with Crippen LogP contribution in [0.25, 0.3) is 0 Å². The maximum absolute atomic E-state index is 12.3. The van der Waals surface area contributed by atoms with Gasteiger partial charge >= 0.3 is 5.69 Å². The highest BCUT2D eigenvalue weighted by atomic mass is 32.2. The molecule has 0 saturated carbocycles. The van der Waals surface area contributed by atoms with Crippen LogP contribution in [-0.2, 0) is 10.0 Å². The van der Waals surface area contributed by atoms with E-state index in [9.17, 15) is 18.5 Å². The Labute approximate surface area is 127 Å². The molecule has 0 aliphatic rings. The predicted octanol–water partition coefficient (Wildman–Crippen LogP) is 1.30. The second-order valence-corrected chi connectivity index (χ2v) is 8.09. The van der Waals surface area contributed by atoms with Crippen molar-refractivity contribution < 1.29 is 13.3 Å². The van der Waals surface area contributed by atoms with Crippen molar-refractivity contribution in [3.05, 3.63) is 28.3 Å². The van der Waals surface area contributed by atoms with Gasteiger partial charge in [-0.1, -0.05) is 6.07 Å². The van der Waals surface area contributed by atoms with Crippen molar-refractivity contribution in [2.24, 2.45) is 5.84 Å². The van der Waals surface area contributed by atoms with Crippen LogP contribution in [0, 0.1) is 10.1 Å². The summed E-state index contributed by atoms with van der Waals surface area (Å²) in [6, 6.07) is 3.90. The fraction of sp³-hybridized carbons (Fsp3) is 0.455. The average molecular weight is 334 g/mol. The van der Waals surface area contributed by atoms with E-state index in [1.165, 1.54) is 30.0 Å². The van der Waals surface area contributed by atoms with Crippen LogP contribution >= 0.6 is 11.8 Å². The van der Waals surface area contributed by atoms with Gasteiger partial charge in [-0.15, -0.1) is 0 Å². The van der Waals surface area contributed by atoms with Gasteiger partial charge in [-0.05, 0) is 32.2 Å². The van der Waals surface area contributed by atoms with Crippen molar-refractivity contribution in [2.75, 3.05) is 18.2 Å². The number of nitro groups is 1. The lowest BCUT2D eigenvalue weighted by Crippen LogP contribution is -2.36. The number of anilines is 1. The summed E-state index contributed by atoms with van der Waals surface area (Å²) in [5.41, 5.74) is 1.50. The summed E-state index contributed by atoms with van der Waals surface area (Å²) in [5.74, 6) is 5.19. The minimum absolute atomic E-state index is 0.0630. The quantitative estimate of drug-likeness (QED) is 0.389. The summed E-state index contributed by atoms with van der Waals surface area (Å²) < 4.78 is 26.7. The lowest BCUT2D eigenvalue weighted by atomic mass is 10.2. The monoisotopic (exact) mass is 334 g/mol. The number of sulfonamides is 1. The molecule has 1 aromatic rings. The number of thioether (sulfide) groups is 1. The summed E-state index contributed by atoms with van der Waals surface area (Å²) in [5, 5.41) is 11.1. The van der Waals surface area contributed by atoms with Crippen LogP contribution in [0.4, 0.5) is 11.4 Å². The maximum atomic E-state index is 12.3. The summed E-state index contributed by atoms with van der Waals surface area (Å²) in [4.78, 5) is 9.93. The van der Waals surface area contributed by atoms with Crippen molar-refractivity contribution >= 4 is 33.2 Å². The molecule has 1 rings (SSSR count). The molecule has 0 amide bonds. The van der Waals surface area contributed by atoms with Crippen LogP contribution in [0.3, 0.4) is 0 Å². The van der Waals surface area contributed by atoms with E-state index in [1.807, 2.05) is 20.1 Å². The third-order valence-corrected chi connectivity index (χ3v) is 5.55. The molecule has 1 aromatic carbocycles. The fourth-order valence-electron chi connectivity index (χ4n) is 1.46. The Kier molecular flexibility index (Phi) is 5.56. The molecule has 4 N–H and O–H groups in total. The minimum atomic E-state index is -4.01. The zero-order valence-electron chi connectivity index (χ0n) is 11.9. The molecule has 0 unspecified atom stereocenters. The van der Waals surface area contributed by atoms with E-state index in [1.54, 1.807) is 0 Å². The molecule has 0 saturated heterocycles. The zero-order valence-corrected chi connectivity index (χ0v) is 13.5. The molecule has 0 aliphatic carbocycles. The van der Waals surface area contributed by atoms with Gasteiger partial charge in [0.05, 0.1) is 4.92 Å². The van der Waals surface area contributed by atoms with Gasteiger partial charge in [-0.3, -0.25) is 16.0 Å². The Bertz CT molecular complexity index is 631. The number of benzene rings is 1. The molecule has 8 nitrogen and oxygen atoms in total. The van der Waals surface area contributed by atoms with E-state index >= 15 is 0 Å². The Balaban J connectivity index is 3.23. The van der Waals surface area contributed by atoms with E-state index in [2.05, 4.69) is 10.1 Å². The summed E-state index contributed by atoms with van der Waals surface area (Å²) in [6.07, 6.45) is 1.86. The lowest BCUT2D eigenvalue weighted by molar-refractivity contribution is -0.386. The minimum Gasteiger partial charge on any atom is -0.318 e. The number of hydrogen-bond acceptors (Lipinski definition) is 7. The van der Waals surface area contributed by atoms with E-state index in [4.69, 9.17) is 5.84 Å². The van der Waals surface area contributed by atoms with Crippen molar-refractivity contribution in [3.63, 3.8) is 0 Å². The molecular formula is C11H18N4O4S2. The number of para-hydroxylation sites is 1. The van der Waals surface area contributed by atoms with E-state index < -0.39 is 25.5 Å². The Morgan fingerprint density at radius 1 is 1.43 bits per heavy atom. The first kappa shape index (κ1) is 17.7. The first-order valence-electron chi connectivity index (χ1n) is 5.93. The molecular weight excluding hydrogens is 316 g/mol. The van der Waals surface area contributed by atoms with E-state index in [-0.39, 0.29) is 17.0 Å². The molecule has 0 heterocycles. The summed E-state index contributed by atoms with van der Waals surface area (Å²) in [7, 11) is -4.01. The number of nitrogens with one attached hydrogen (secondary N) is 2. The molecule has 0 fully saturated rings.